The molecule has 0 radical (unpaired) electrons. The van der Waals surface area contributed by atoms with E-state index in [0.29, 0.717) is 19.6 Å². The maximum atomic E-state index is 11.7. The fourth-order valence-electron chi connectivity index (χ4n) is 2.90. The molecular formula is C18H18O3. The molecule has 2 atom stereocenters. The molecule has 0 saturated heterocycles. The average molecular weight is 282 g/mol. The van der Waals surface area contributed by atoms with Crippen molar-refractivity contribution < 1.29 is 14.6 Å². The maximum absolute atomic E-state index is 11.7. The number of carboxylic acids is 1. The highest BCUT2D eigenvalue weighted by Gasteiger charge is 2.61. The average Bonchev–Trinajstić information content (AvgIpc) is 3.25. The molecule has 0 heterocycles. The fraction of sp³-hybridized carbons (Fsp3) is 0.278. The molecule has 0 bridgehead atoms. The minimum absolute atomic E-state index is 0.0566. The third-order valence-electron chi connectivity index (χ3n) is 4.21. The zero-order chi connectivity index (χ0) is 14.7. The standard InChI is InChI=1S/C18H18O3/c19-17(20)18(15-9-5-2-6-10-15)11-16(18)13-21-12-14-7-3-1-4-8-14/h1-10,16H,11-13H2,(H,19,20)/t16-,18-/m0/s1. The molecule has 1 N–H and O–H groups in total. The zero-order valence-corrected chi connectivity index (χ0v) is 11.7. The fourth-order valence-corrected chi connectivity index (χ4v) is 2.90. The van der Waals surface area contributed by atoms with Crippen LogP contribution in [0.25, 0.3) is 0 Å². The van der Waals surface area contributed by atoms with Gasteiger partial charge in [-0.15, -0.1) is 0 Å². The molecule has 0 unspecified atom stereocenters. The molecule has 1 aliphatic rings. The van der Waals surface area contributed by atoms with Crippen molar-refractivity contribution >= 4 is 5.97 Å². The Balaban J connectivity index is 1.62. The lowest BCUT2D eigenvalue weighted by molar-refractivity contribution is -0.140. The van der Waals surface area contributed by atoms with Gasteiger partial charge in [0.05, 0.1) is 18.6 Å². The molecule has 2 aromatic rings. The van der Waals surface area contributed by atoms with Crippen molar-refractivity contribution in [3.63, 3.8) is 0 Å². The molecule has 108 valence electrons. The van der Waals surface area contributed by atoms with Crippen LogP contribution in [0.1, 0.15) is 17.5 Å². The number of aliphatic carboxylic acids is 1. The summed E-state index contributed by atoms with van der Waals surface area (Å²) in [4.78, 5) is 11.7. The molecule has 3 heteroatoms. The van der Waals surface area contributed by atoms with E-state index < -0.39 is 11.4 Å². The first kappa shape index (κ1) is 13.8. The summed E-state index contributed by atoms with van der Waals surface area (Å²) >= 11 is 0. The van der Waals surface area contributed by atoms with Crippen LogP contribution in [-0.4, -0.2) is 17.7 Å². The van der Waals surface area contributed by atoms with Gasteiger partial charge in [0.1, 0.15) is 0 Å². The number of hydrogen-bond donors (Lipinski definition) is 1. The Bertz CT molecular complexity index is 609. The minimum Gasteiger partial charge on any atom is -0.481 e. The van der Waals surface area contributed by atoms with E-state index in [1.165, 1.54) is 0 Å². The van der Waals surface area contributed by atoms with Crippen molar-refractivity contribution in [1.82, 2.24) is 0 Å². The molecule has 0 spiro atoms. The maximum Gasteiger partial charge on any atom is 0.314 e. The monoisotopic (exact) mass is 282 g/mol. The molecule has 2 aromatic carbocycles. The molecule has 1 fully saturated rings. The molecule has 3 nitrogen and oxygen atoms in total. The second kappa shape index (κ2) is 5.70. The van der Waals surface area contributed by atoms with E-state index in [9.17, 15) is 9.90 Å². The van der Waals surface area contributed by atoms with Gasteiger partial charge in [0, 0.05) is 5.92 Å². The number of rotatable bonds is 6. The van der Waals surface area contributed by atoms with Crippen LogP contribution < -0.4 is 0 Å². The summed E-state index contributed by atoms with van der Waals surface area (Å²) in [6.07, 6.45) is 0.654. The van der Waals surface area contributed by atoms with E-state index >= 15 is 0 Å². The van der Waals surface area contributed by atoms with Crippen LogP contribution in [0, 0.1) is 5.92 Å². The van der Waals surface area contributed by atoms with E-state index in [2.05, 4.69) is 0 Å². The van der Waals surface area contributed by atoms with Gasteiger partial charge in [-0.25, -0.2) is 0 Å². The summed E-state index contributed by atoms with van der Waals surface area (Å²) in [7, 11) is 0. The van der Waals surface area contributed by atoms with Crippen LogP contribution in [0.2, 0.25) is 0 Å². The van der Waals surface area contributed by atoms with Gasteiger partial charge in [0.2, 0.25) is 0 Å². The molecule has 0 amide bonds. The summed E-state index contributed by atoms with van der Waals surface area (Å²) in [5, 5.41) is 9.59. The van der Waals surface area contributed by atoms with Crippen LogP contribution >= 0.6 is 0 Å². The van der Waals surface area contributed by atoms with Crippen molar-refractivity contribution in [1.29, 1.82) is 0 Å². The second-order valence-electron chi connectivity index (χ2n) is 5.54. The smallest absolute Gasteiger partial charge is 0.314 e. The summed E-state index contributed by atoms with van der Waals surface area (Å²) in [6, 6.07) is 19.4. The largest absolute Gasteiger partial charge is 0.481 e. The third kappa shape index (κ3) is 2.69. The highest BCUT2D eigenvalue weighted by Crippen LogP contribution is 2.54. The van der Waals surface area contributed by atoms with Crippen LogP contribution in [0.3, 0.4) is 0 Å². The first-order valence-electron chi connectivity index (χ1n) is 7.14. The number of carbonyl (C=O) groups is 1. The van der Waals surface area contributed by atoms with Crippen LogP contribution in [0.15, 0.2) is 60.7 Å². The predicted molar refractivity (Wildman–Crippen MR) is 80.0 cm³/mol. The van der Waals surface area contributed by atoms with Gasteiger partial charge in [-0.1, -0.05) is 60.7 Å². The quantitative estimate of drug-likeness (QED) is 0.884. The van der Waals surface area contributed by atoms with Crippen molar-refractivity contribution in [3.8, 4) is 0 Å². The molecule has 3 rings (SSSR count). The second-order valence-corrected chi connectivity index (χ2v) is 5.54. The minimum atomic E-state index is -0.752. The van der Waals surface area contributed by atoms with E-state index in [1.807, 2.05) is 60.7 Å². The van der Waals surface area contributed by atoms with Crippen molar-refractivity contribution in [2.75, 3.05) is 6.61 Å². The normalized spacial score (nSPS) is 23.7. The lowest BCUT2D eigenvalue weighted by Crippen LogP contribution is -2.24. The third-order valence-corrected chi connectivity index (χ3v) is 4.21. The highest BCUT2D eigenvalue weighted by atomic mass is 16.5. The number of ether oxygens (including phenoxy) is 1. The molecule has 0 aromatic heterocycles. The van der Waals surface area contributed by atoms with Crippen molar-refractivity contribution in [2.24, 2.45) is 5.92 Å². The summed E-state index contributed by atoms with van der Waals surface area (Å²) in [5.74, 6) is -0.692. The SMILES string of the molecule is O=C(O)[C@]1(c2ccccc2)C[C@H]1COCc1ccccc1. The molecular weight excluding hydrogens is 264 g/mol. The Labute approximate surface area is 124 Å². The predicted octanol–water partition coefficient (Wildman–Crippen LogP) is 3.25. The summed E-state index contributed by atoms with van der Waals surface area (Å²) < 4.78 is 5.71. The Morgan fingerprint density at radius 3 is 2.33 bits per heavy atom. The Morgan fingerprint density at radius 2 is 1.71 bits per heavy atom. The number of hydrogen-bond acceptors (Lipinski definition) is 2. The van der Waals surface area contributed by atoms with Gasteiger partial charge in [-0.3, -0.25) is 4.79 Å². The molecule has 1 aliphatic carbocycles. The van der Waals surface area contributed by atoms with Gasteiger partial charge < -0.3 is 9.84 Å². The lowest BCUT2D eigenvalue weighted by Gasteiger charge is -2.13. The molecule has 21 heavy (non-hydrogen) atoms. The first-order valence-corrected chi connectivity index (χ1v) is 7.14. The van der Waals surface area contributed by atoms with E-state index in [0.717, 1.165) is 11.1 Å². The first-order chi connectivity index (χ1) is 10.2. The van der Waals surface area contributed by atoms with Crippen LogP contribution in [0.5, 0.6) is 0 Å². The summed E-state index contributed by atoms with van der Waals surface area (Å²) in [6.45, 7) is 1.01. The van der Waals surface area contributed by atoms with E-state index in [1.54, 1.807) is 0 Å². The van der Waals surface area contributed by atoms with Gasteiger partial charge in [-0.05, 0) is 17.5 Å². The van der Waals surface area contributed by atoms with Gasteiger partial charge in [-0.2, -0.15) is 0 Å². The zero-order valence-electron chi connectivity index (χ0n) is 11.7. The van der Waals surface area contributed by atoms with Gasteiger partial charge in [0.15, 0.2) is 0 Å². The Kier molecular flexibility index (Phi) is 3.76. The Hall–Kier alpha value is -2.13. The van der Waals surface area contributed by atoms with Crippen molar-refractivity contribution in [3.05, 3.63) is 71.8 Å². The van der Waals surface area contributed by atoms with Gasteiger partial charge in [0.25, 0.3) is 0 Å². The van der Waals surface area contributed by atoms with E-state index in [-0.39, 0.29) is 5.92 Å². The Morgan fingerprint density at radius 1 is 1.10 bits per heavy atom. The van der Waals surface area contributed by atoms with Crippen molar-refractivity contribution in [2.45, 2.75) is 18.4 Å². The van der Waals surface area contributed by atoms with E-state index in [4.69, 9.17) is 4.74 Å². The van der Waals surface area contributed by atoms with Crippen LogP contribution in [0.4, 0.5) is 0 Å². The summed E-state index contributed by atoms with van der Waals surface area (Å²) in [5.41, 5.74) is 1.24. The molecule has 0 aliphatic heterocycles. The number of carboxylic acid groups (broad SMARTS) is 1. The molecule has 1 saturated carbocycles. The lowest BCUT2D eigenvalue weighted by atomic mass is 9.93. The topological polar surface area (TPSA) is 46.5 Å². The highest BCUT2D eigenvalue weighted by molar-refractivity contribution is 5.85. The number of benzene rings is 2. The van der Waals surface area contributed by atoms with Gasteiger partial charge >= 0.3 is 5.97 Å². The van der Waals surface area contributed by atoms with Crippen LogP contribution in [-0.2, 0) is 21.6 Å².